The van der Waals surface area contributed by atoms with Crippen molar-refractivity contribution in [3.05, 3.63) is 47.1 Å². The molecule has 2 N–H and O–H groups in total. The minimum atomic E-state index is 0.555. The van der Waals surface area contributed by atoms with E-state index in [9.17, 15) is 0 Å². The van der Waals surface area contributed by atoms with E-state index in [4.69, 9.17) is 17.3 Å². The Morgan fingerprint density at radius 3 is 2.86 bits per heavy atom. The van der Waals surface area contributed by atoms with E-state index in [1.165, 1.54) is 12.8 Å². The summed E-state index contributed by atoms with van der Waals surface area (Å²) in [5.74, 6) is 1.12. The number of piperidine rings is 1. The molecule has 2 aromatic heterocycles. The molecule has 5 nitrogen and oxygen atoms in total. The van der Waals surface area contributed by atoms with Gasteiger partial charge in [-0.3, -0.25) is 14.9 Å². The second-order valence-corrected chi connectivity index (χ2v) is 6.24. The lowest BCUT2D eigenvalue weighted by Crippen LogP contribution is -2.36. The first-order chi connectivity index (χ1) is 10.7. The highest BCUT2D eigenvalue weighted by Gasteiger charge is 2.21. The van der Waals surface area contributed by atoms with Crippen LogP contribution in [-0.2, 0) is 13.0 Å². The molecule has 0 saturated carbocycles. The number of rotatable bonds is 4. The number of nitrogen functional groups attached to an aromatic ring is 1. The van der Waals surface area contributed by atoms with E-state index >= 15 is 0 Å². The van der Waals surface area contributed by atoms with Gasteiger partial charge in [0.25, 0.3) is 0 Å². The molecule has 0 amide bonds. The number of nitrogens with two attached hydrogens (primary N) is 1. The quantitative estimate of drug-likeness (QED) is 0.938. The van der Waals surface area contributed by atoms with E-state index in [0.717, 1.165) is 37.4 Å². The maximum Gasteiger partial charge on any atom is 0.145 e. The van der Waals surface area contributed by atoms with Gasteiger partial charge in [-0.25, -0.2) is 4.98 Å². The largest absolute Gasteiger partial charge is 0.382 e. The number of anilines is 1. The van der Waals surface area contributed by atoms with E-state index < -0.39 is 0 Å². The Morgan fingerprint density at radius 1 is 1.23 bits per heavy atom. The standard InChI is InChI=1S/C16H20ClN5/c17-13-3-4-14(21-9-13)11-22-7-1-2-12(10-22)8-15-16(18)20-6-5-19-15/h3-6,9,12H,1-2,7-8,10-11H2,(H2,18,20)/t12-/m1/s1. The highest BCUT2D eigenvalue weighted by Crippen LogP contribution is 2.22. The number of halogens is 1. The van der Waals surface area contributed by atoms with Crippen LogP contribution in [0.4, 0.5) is 5.82 Å². The van der Waals surface area contributed by atoms with Gasteiger partial charge in [0.1, 0.15) is 5.82 Å². The topological polar surface area (TPSA) is 67.9 Å². The van der Waals surface area contributed by atoms with Crippen LogP contribution in [0.15, 0.2) is 30.7 Å². The first kappa shape index (κ1) is 15.2. The summed E-state index contributed by atoms with van der Waals surface area (Å²) in [6.07, 6.45) is 8.35. The molecule has 6 heteroatoms. The van der Waals surface area contributed by atoms with Crippen molar-refractivity contribution in [1.29, 1.82) is 0 Å². The van der Waals surface area contributed by atoms with Gasteiger partial charge in [-0.2, -0.15) is 0 Å². The van der Waals surface area contributed by atoms with Crippen molar-refractivity contribution < 1.29 is 0 Å². The summed E-state index contributed by atoms with van der Waals surface area (Å²) in [4.78, 5) is 15.3. The molecule has 22 heavy (non-hydrogen) atoms. The third-order valence-corrected chi connectivity index (χ3v) is 4.29. The van der Waals surface area contributed by atoms with Gasteiger partial charge < -0.3 is 5.73 Å². The molecule has 1 saturated heterocycles. The predicted molar refractivity (Wildman–Crippen MR) is 87.4 cm³/mol. The Hall–Kier alpha value is -1.72. The van der Waals surface area contributed by atoms with E-state index in [0.29, 0.717) is 16.8 Å². The number of aromatic nitrogens is 3. The Labute approximate surface area is 135 Å². The van der Waals surface area contributed by atoms with Crippen molar-refractivity contribution in [3.63, 3.8) is 0 Å². The van der Waals surface area contributed by atoms with Crippen LogP contribution in [0.25, 0.3) is 0 Å². The fraction of sp³-hybridized carbons (Fsp3) is 0.438. The van der Waals surface area contributed by atoms with Crippen LogP contribution < -0.4 is 5.73 Å². The molecule has 3 rings (SSSR count). The Bertz CT molecular complexity index is 616. The fourth-order valence-electron chi connectivity index (χ4n) is 3.00. The summed E-state index contributed by atoms with van der Waals surface area (Å²) in [6, 6.07) is 3.89. The minimum Gasteiger partial charge on any atom is -0.382 e. The lowest BCUT2D eigenvalue weighted by atomic mass is 9.93. The molecule has 1 atom stereocenters. The van der Waals surface area contributed by atoms with E-state index in [1.807, 2.05) is 12.1 Å². The highest BCUT2D eigenvalue weighted by atomic mass is 35.5. The van der Waals surface area contributed by atoms with E-state index in [2.05, 4.69) is 19.9 Å². The predicted octanol–water partition coefficient (Wildman–Crippen LogP) is 2.56. The number of likely N-dealkylation sites (tertiary alicyclic amines) is 1. The van der Waals surface area contributed by atoms with Crippen molar-refractivity contribution in [2.24, 2.45) is 5.92 Å². The van der Waals surface area contributed by atoms with Crippen LogP contribution >= 0.6 is 11.6 Å². The zero-order valence-electron chi connectivity index (χ0n) is 12.5. The average molecular weight is 318 g/mol. The average Bonchev–Trinajstić information content (AvgIpc) is 2.52. The molecule has 0 radical (unpaired) electrons. The molecular formula is C16H20ClN5. The van der Waals surface area contributed by atoms with Crippen LogP contribution in [0.1, 0.15) is 24.2 Å². The van der Waals surface area contributed by atoms with Crippen LogP contribution in [0, 0.1) is 5.92 Å². The Kier molecular flexibility index (Phi) is 4.85. The Morgan fingerprint density at radius 2 is 2.09 bits per heavy atom. The highest BCUT2D eigenvalue weighted by molar-refractivity contribution is 6.30. The fourth-order valence-corrected chi connectivity index (χ4v) is 3.11. The van der Waals surface area contributed by atoms with Crippen LogP contribution in [0.2, 0.25) is 5.02 Å². The summed E-state index contributed by atoms with van der Waals surface area (Å²) in [5, 5.41) is 0.679. The van der Waals surface area contributed by atoms with Gasteiger partial charge in [0.05, 0.1) is 16.4 Å². The lowest BCUT2D eigenvalue weighted by Gasteiger charge is -2.32. The molecular weight excluding hydrogens is 298 g/mol. The molecule has 1 aliphatic heterocycles. The number of hydrogen-bond donors (Lipinski definition) is 1. The summed E-state index contributed by atoms with van der Waals surface area (Å²) in [6.45, 7) is 3.01. The van der Waals surface area contributed by atoms with Gasteiger partial charge >= 0.3 is 0 Å². The van der Waals surface area contributed by atoms with E-state index in [1.54, 1.807) is 18.6 Å². The zero-order valence-corrected chi connectivity index (χ0v) is 13.2. The van der Waals surface area contributed by atoms with Gasteiger partial charge in [-0.1, -0.05) is 11.6 Å². The molecule has 3 heterocycles. The molecule has 116 valence electrons. The first-order valence-electron chi connectivity index (χ1n) is 7.59. The summed E-state index contributed by atoms with van der Waals surface area (Å²) in [5.41, 5.74) is 7.88. The SMILES string of the molecule is Nc1nccnc1C[C@H]1CCCN(Cc2ccc(Cl)cn2)C1. The maximum atomic E-state index is 5.90. The van der Waals surface area contributed by atoms with Crippen LogP contribution in [0.3, 0.4) is 0 Å². The molecule has 0 aromatic carbocycles. The number of hydrogen-bond acceptors (Lipinski definition) is 5. The third kappa shape index (κ3) is 3.93. The second kappa shape index (κ2) is 7.03. The normalized spacial score (nSPS) is 19.2. The first-order valence-corrected chi connectivity index (χ1v) is 7.96. The van der Waals surface area contributed by atoms with Crippen molar-refractivity contribution in [2.75, 3.05) is 18.8 Å². The van der Waals surface area contributed by atoms with Gasteiger partial charge in [0, 0.05) is 31.7 Å². The molecule has 0 unspecified atom stereocenters. The van der Waals surface area contributed by atoms with Crippen molar-refractivity contribution in [1.82, 2.24) is 19.9 Å². The molecule has 0 bridgehead atoms. The van der Waals surface area contributed by atoms with Crippen LogP contribution in [0.5, 0.6) is 0 Å². The van der Waals surface area contributed by atoms with Crippen molar-refractivity contribution in [2.45, 2.75) is 25.8 Å². The van der Waals surface area contributed by atoms with Crippen LogP contribution in [-0.4, -0.2) is 32.9 Å². The second-order valence-electron chi connectivity index (χ2n) is 5.80. The lowest BCUT2D eigenvalue weighted by molar-refractivity contribution is 0.165. The Balaban J connectivity index is 1.59. The van der Waals surface area contributed by atoms with Crippen molar-refractivity contribution >= 4 is 17.4 Å². The zero-order chi connectivity index (χ0) is 15.4. The molecule has 0 spiro atoms. The molecule has 1 aliphatic rings. The number of nitrogens with zero attached hydrogens (tertiary/aromatic N) is 4. The molecule has 1 fully saturated rings. The third-order valence-electron chi connectivity index (χ3n) is 4.07. The number of pyridine rings is 1. The van der Waals surface area contributed by atoms with Gasteiger partial charge in [0.15, 0.2) is 0 Å². The molecule has 2 aromatic rings. The minimum absolute atomic E-state index is 0.555. The maximum absolute atomic E-state index is 5.90. The summed E-state index contributed by atoms with van der Waals surface area (Å²) >= 11 is 5.88. The molecule has 0 aliphatic carbocycles. The van der Waals surface area contributed by atoms with Crippen molar-refractivity contribution in [3.8, 4) is 0 Å². The summed E-state index contributed by atoms with van der Waals surface area (Å²) in [7, 11) is 0. The van der Waals surface area contributed by atoms with Gasteiger partial charge in [-0.15, -0.1) is 0 Å². The van der Waals surface area contributed by atoms with E-state index in [-0.39, 0.29) is 0 Å². The summed E-state index contributed by atoms with van der Waals surface area (Å²) < 4.78 is 0. The van der Waals surface area contributed by atoms with Gasteiger partial charge in [0.2, 0.25) is 0 Å². The monoisotopic (exact) mass is 317 g/mol. The smallest absolute Gasteiger partial charge is 0.145 e. The van der Waals surface area contributed by atoms with Gasteiger partial charge in [-0.05, 0) is 43.9 Å².